The first-order chi connectivity index (χ1) is 9.88. The van der Waals surface area contributed by atoms with Gasteiger partial charge in [-0.1, -0.05) is 20.8 Å². The number of aromatic nitrogens is 2. The fourth-order valence-corrected chi connectivity index (χ4v) is 2.19. The van der Waals surface area contributed by atoms with Gasteiger partial charge in [0.05, 0.1) is 12.3 Å². The third kappa shape index (κ3) is 4.39. The van der Waals surface area contributed by atoms with Crippen LogP contribution in [0.1, 0.15) is 45.1 Å². The van der Waals surface area contributed by atoms with E-state index >= 15 is 0 Å². The lowest BCUT2D eigenvalue weighted by Crippen LogP contribution is -2.42. The highest BCUT2D eigenvalue weighted by atomic mass is 16.5. The molecule has 1 atom stereocenters. The number of piperidine rings is 1. The lowest BCUT2D eigenvalue weighted by Gasteiger charge is -2.25. The van der Waals surface area contributed by atoms with Crippen LogP contribution in [0.25, 0.3) is 0 Å². The van der Waals surface area contributed by atoms with Gasteiger partial charge in [0.1, 0.15) is 11.6 Å². The first kappa shape index (κ1) is 15.7. The second-order valence-corrected chi connectivity index (χ2v) is 6.44. The Morgan fingerprint density at radius 1 is 1.43 bits per heavy atom. The molecule has 1 aliphatic heterocycles. The van der Waals surface area contributed by atoms with Gasteiger partial charge in [0, 0.05) is 37.6 Å². The number of carbonyl (C=O) groups is 1. The van der Waals surface area contributed by atoms with Crippen LogP contribution in [0.3, 0.4) is 0 Å². The summed E-state index contributed by atoms with van der Waals surface area (Å²) in [6.07, 6.45) is 1.38. The minimum atomic E-state index is -0.124. The van der Waals surface area contributed by atoms with Crippen molar-refractivity contribution in [3.63, 3.8) is 0 Å². The standard InChI is InChI=1S/C15H24N4O2/c1-15(2,3)14-18-11(9-21-4)7-12(19-14)17-10-5-6-13(20)16-8-10/h7,10H,5-6,8-9H2,1-4H3,(H,16,20)(H,17,18,19). The van der Waals surface area contributed by atoms with E-state index in [1.165, 1.54) is 0 Å². The van der Waals surface area contributed by atoms with Crippen molar-refractivity contribution in [2.24, 2.45) is 0 Å². The highest BCUT2D eigenvalue weighted by Gasteiger charge is 2.21. The molecule has 1 unspecified atom stereocenters. The van der Waals surface area contributed by atoms with Crippen LogP contribution >= 0.6 is 0 Å². The van der Waals surface area contributed by atoms with Crippen LogP contribution in [0.2, 0.25) is 0 Å². The van der Waals surface area contributed by atoms with Crippen molar-refractivity contribution >= 4 is 11.7 Å². The van der Waals surface area contributed by atoms with Gasteiger partial charge in [-0.3, -0.25) is 4.79 Å². The zero-order valence-electron chi connectivity index (χ0n) is 13.2. The zero-order chi connectivity index (χ0) is 15.5. The summed E-state index contributed by atoms with van der Waals surface area (Å²) in [5.74, 6) is 1.70. The Kier molecular flexibility index (Phi) is 4.77. The van der Waals surface area contributed by atoms with E-state index in [2.05, 4.69) is 41.4 Å². The molecule has 0 radical (unpaired) electrons. The van der Waals surface area contributed by atoms with Crippen molar-refractivity contribution in [1.82, 2.24) is 15.3 Å². The number of methoxy groups -OCH3 is 1. The number of carbonyl (C=O) groups excluding carboxylic acids is 1. The summed E-state index contributed by atoms with van der Waals surface area (Å²) in [7, 11) is 1.66. The molecule has 2 rings (SSSR count). The summed E-state index contributed by atoms with van der Waals surface area (Å²) in [6.45, 7) is 7.35. The maximum Gasteiger partial charge on any atom is 0.220 e. The van der Waals surface area contributed by atoms with Crippen LogP contribution in [0, 0.1) is 0 Å². The van der Waals surface area contributed by atoms with Gasteiger partial charge in [-0.15, -0.1) is 0 Å². The van der Waals surface area contributed by atoms with Gasteiger partial charge in [-0.05, 0) is 6.42 Å². The average Bonchev–Trinajstić information content (AvgIpc) is 2.41. The molecule has 0 bridgehead atoms. The van der Waals surface area contributed by atoms with E-state index in [9.17, 15) is 4.79 Å². The quantitative estimate of drug-likeness (QED) is 0.881. The largest absolute Gasteiger partial charge is 0.378 e. The normalized spacial score (nSPS) is 19.2. The molecule has 1 aromatic rings. The van der Waals surface area contributed by atoms with Gasteiger partial charge < -0.3 is 15.4 Å². The van der Waals surface area contributed by atoms with Crippen LogP contribution in [0.15, 0.2) is 6.07 Å². The van der Waals surface area contributed by atoms with Gasteiger partial charge in [0.2, 0.25) is 5.91 Å². The molecular formula is C15H24N4O2. The Bertz CT molecular complexity index is 501. The van der Waals surface area contributed by atoms with Crippen molar-refractivity contribution in [2.45, 2.75) is 51.7 Å². The van der Waals surface area contributed by atoms with Crippen molar-refractivity contribution in [2.75, 3.05) is 19.0 Å². The summed E-state index contributed by atoms with van der Waals surface area (Å²) >= 11 is 0. The smallest absolute Gasteiger partial charge is 0.220 e. The Labute approximate surface area is 125 Å². The molecule has 0 saturated carbocycles. The maximum atomic E-state index is 11.2. The third-order valence-electron chi connectivity index (χ3n) is 3.36. The monoisotopic (exact) mass is 292 g/mol. The number of rotatable bonds is 4. The minimum absolute atomic E-state index is 0.117. The number of anilines is 1. The number of nitrogens with one attached hydrogen (secondary N) is 2. The summed E-state index contributed by atoms with van der Waals surface area (Å²) in [6, 6.07) is 2.12. The van der Waals surface area contributed by atoms with Crippen molar-refractivity contribution < 1.29 is 9.53 Å². The maximum absolute atomic E-state index is 11.2. The van der Waals surface area contributed by atoms with Crippen LogP contribution < -0.4 is 10.6 Å². The molecule has 0 aliphatic carbocycles. The van der Waals surface area contributed by atoms with E-state index in [1.54, 1.807) is 7.11 Å². The molecule has 21 heavy (non-hydrogen) atoms. The summed E-state index contributed by atoms with van der Waals surface area (Å²) in [5.41, 5.74) is 0.737. The van der Waals surface area contributed by atoms with E-state index in [-0.39, 0.29) is 17.4 Å². The average molecular weight is 292 g/mol. The topological polar surface area (TPSA) is 76.1 Å². The molecule has 0 spiro atoms. The number of hydrogen-bond donors (Lipinski definition) is 2. The van der Waals surface area contributed by atoms with Crippen LogP contribution in [0.4, 0.5) is 5.82 Å². The van der Waals surface area contributed by atoms with Gasteiger partial charge in [0.25, 0.3) is 0 Å². The predicted molar refractivity (Wildman–Crippen MR) is 81.1 cm³/mol. The first-order valence-electron chi connectivity index (χ1n) is 7.29. The molecule has 6 heteroatoms. The second kappa shape index (κ2) is 6.39. The van der Waals surface area contributed by atoms with E-state index in [0.29, 0.717) is 19.6 Å². The molecule has 1 amide bonds. The van der Waals surface area contributed by atoms with Crippen LogP contribution in [0.5, 0.6) is 0 Å². The van der Waals surface area contributed by atoms with Gasteiger partial charge in [0.15, 0.2) is 0 Å². The van der Waals surface area contributed by atoms with Gasteiger partial charge >= 0.3 is 0 Å². The Hall–Kier alpha value is -1.69. The van der Waals surface area contributed by atoms with Crippen LogP contribution in [-0.2, 0) is 21.6 Å². The second-order valence-electron chi connectivity index (χ2n) is 6.44. The number of amides is 1. The van der Waals surface area contributed by atoms with Gasteiger partial charge in [-0.2, -0.15) is 0 Å². The molecular weight excluding hydrogens is 268 g/mol. The van der Waals surface area contributed by atoms with E-state index in [0.717, 1.165) is 23.8 Å². The zero-order valence-corrected chi connectivity index (χ0v) is 13.2. The lowest BCUT2D eigenvalue weighted by molar-refractivity contribution is -0.122. The van der Waals surface area contributed by atoms with Crippen molar-refractivity contribution in [3.8, 4) is 0 Å². The Morgan fingerprint density at radius 3 is 2.76 bits per heavy atom. The molecule has 1 aliphatic rings. The third-order valence-corrected chi connectivity index (χ3v) is 3.36. The Morgan fingerprint density at radius 2 is 2.19 bits per heavy atom. The molecule has 2 N–H and O–H groups in total. The molecule has 0 aromatic carbocycles. The highest BCUT2D eigenvalue weighted by Crippen LogP contribution is 2.21. The molecule has 1 fully saturated rings. The predicted octanol–water partition coefficient (Wildman–Crippen LogP) is 1.61. The number of ether oxygens (including phenoxy) is 1. The molecule has 116 valence electrons. The molecule has 1 saturated heterocycles. The van der Waals surface area contributed by atoms with E-state index < -0.39 is 0 Å². The summed E-state index contributed by atoms with van der Waals surface area (Å²) < 4.78 is 5.18. The Balaban J connectivity index is 2.17. The van der Waals surface area contributed by atoms with Crippen molar-refractivity contribution in [1.29, 1.82) is 0 Å². The van der Waals surface area contributed by atoms with E-state index in [4.69, 9.17) is 4.74 Å². The summed E-state index contributed by atoms with van der Waals surface area (Å²) in [5, 5.41) is 6.26. The fourth-order valence-electron chi connectivity index (χ4n) is 2.19. The number of hydrogen-bond acceptors (Lipinski definition) is 5. The SMILES string of the molecule is COCc1cc(NC2CCC(=O)NC2)nc(C(C)(C)C)n1. The highest BCUT2D eigenvalue weighted by molar-refractivity contribution is 5.76. The fraction of sp³-hybridized carbons (Fsp3) is 0.667. The number of nitrogens with zero attached hydrogens (tertiary/aromatic N) is 2. The molecule has 6 nitrogen and oxygen atoms in total. The van der Waals surface area contributed by atoms with Gasteiger partial charge in [-0.25, -0.2) is 9.97 Å². The van der Waals surface area contributed by atoms with Crippen LogP contribution in [-0.4, -0.2) is 35.6 Å². The summed E-state index contributed by atoms with van der Waals surface area (Å²) in [4.78, 5) is 20.4. The van der Waals surface area contributed by atoms with E-state index in [1.807, 2.05) is 6.07 Å². The van der Waals surface area contributed by atoms with Crippen molar-refractivity contribution in [3.05, 3.63) is 17.6 Å². The minimum Gasteiger partial charge on any atom is -0.378 e. The first-order valence-corrected chi connectivity index (χ1v) is 7.29. The molecule has 2 heterocycles. The lowest BCUT2D eigenvalue weighted by atomic mass is 9.95. The molecule has 1 aromatic heterocycles.